The Kier molecular flexibility index (Phi) is 5.79. The molecule has 2 aliphatic rings. The Morgan fingerprint density at radius 3 is 2.56 bits per heavy atom. The van der Waals surface area contributed by atoms with E-state index in [1.54, 1.807) is 24.3 Å². The number of amides is 1. The zero-order chi connectivity index (χ0) is 19.4. The second-order valence-corrected chi connectivity index (χ2v) is 8.78. The van der Waals surface area contributed by atoms with Crippen LogP contribution in [0.15, 0.2) is 29.4 Å². The van der Waals surface area contributed by atoms with Crippen LogP contribution in [0.4, 0.5) is 0 Å². The van der Waals surface area contributed by atoms with Gasteiger partial charge >= 0.3 is 5.97 Å². The van der Waals surface area contributed by atoms with Crippen molar-refractivity contribution in [2.24, 2.45) is 5.10 Å². The van der Waals surface area contributed by atoms with Gasteiger partial charge in [-0.2, -0.15) is 5.10 Å². The van der Waals surface area contributed by atoms with Crippen LogP contribution in [0.5, 0.6) is 11.5 Å². The van der Waals surface area contributed by atoms with E-state index in [4.69, 9.17) is 9.47 Å². The van der Waals surface area contributed by atoms with Gasteiger partial charge in [0.15, 0.2) is 9.84 Å². The van der Waals surface area contributed by atoms with Crippen molar-refractivity contribution in [1.29, 1.82) is 0 Å². The Morgan fingerprint density at radius 2 is 1.93 bits per heavy atom. The third kappa shape index (κ3) is 4.85. The smallest absolute Gasteiger partial charge is 0.359 e. The second kappa shape index (κ2) is 8.08. The number of hydrazone groups is 1. The van der Waals surface area contributed by atoms with E-state index in [1.807, 2.05) is 6.92 Å². The fourth-order valence-corrected chi connectivity index (χ4v) is 4.65. The van der Waals surface area contributed by atoms with Gasteiger partial charge in [0, 0.05) is 12.8 Å². The number of ether oxygens (including phenoxy) is 2. The van der Waals surface area contributed by atoms with Crippen molar-refractivity contribution < 1.29 is 27.5 Å². The summed E-state index contributed by atoms with van der Waals surface area (Å²) in [4.78, 5) is 24.5. The summed E-state index contributed by atoms with van der Waals surface area (Å²) in [7, 11) is -3.16. The van der Waals surface area contributed by atoms with Crippen LogP contribution in [0.25, 0.3) is 0 Å². The van der Waals surface area contributed by atoms with Gasteiger partial charge < -0.3 is 9.47 Å². The molecule has 1 amide bonds. The quantitative estimate of drug-likeness (QED) is 0.536. The van der Waals surface area contributed by atoms with E-state index in [0.29, 0.717) is 24.5 Å². The highest BCUT2D eigenvalue weighted by Gasteiger charge is 2.37. The molecule has 0 aromatic heterocycles. The normalized spacial score (nSPS) is 21.7. The van der Waals surface area contributed by atoms with Gasteiger partial charge in [0.25, 0.3) is 0 Å². The standard InChI is InChI=1S/C18H22N2O6S/c1-2-10-25-14-3-5-15(6-4-14)26-18(22)16-7-8-17(21)20(19-16)13-9-11-27(23,24)12-13/h3-6,13H,2,7-12H2,1H3. The Labute approximate surface area is 158 Å². The minimum atomic E-state index is -3.16. The van der Waals surface area contributed by atoms with Crippen LogP contribution in [-0.2, 0) is 19.4 Å². The lowest BCUT2D eigenvalue weighted by molar-refractivity contribution is -0.134. The number of rotatable bonds is 6. The molecule has 3 rings (SSSR count). The highest BCUT2D eigenvalue weighted by molar-refractivity contribution is 7.91. The van der Waals surface area contributed by atoms with Gasteiger partial charge in [0.2, 0.25) is 5.91 Å². The summed E-state index contributed by atoms with van der Waals surface area (Å²) in [5.41, 5.74) is 0.116. The van der Waals surface area contributed by atoms with Crippen LogP contribution in [0.2, 0.25) is 0 Å². The van der Waals surface area contributed by atoms with Crippen LogP contribution < -0.4 is 9.47 Å². The summed E-state index contributed by atoms with van der Waals surface area (Å²) in [5.74, 6) is 0.0263. The molecule has 0 saturated carbocycles. The summed E-state index contributed by atoms with van der Waals surface area (Å²) in [6, 6.07) is 6.15. The predicted molar refractivity (Wildman–Crippen MR) is 98.4 cm³/mol. The molecule has 9 heteroatoms. The number of carbonyl (C=O) groups is 2. The van der Waals surface area contributed by atoms with Crippen molar-refractivity contribution in [3.05, 3.63) is 24.3 Å². The molecule has 146 valence electrons. The molecule has 8 nitrogen and oxygen atoms in total. The maximum Gasteiger partial charge on any atom is 0.359 e. The molecule has 0 radical (unpaired) electrons. The summed E-state index contributed by atoms with van der Waals surface area (Å²) >= 11 is 0. The molecule has 1 atom stereocenters. The number of nitrogens with zero attached hydrogens (tertiary/aromatic N) is 2. The lowest BCUT2D eigenvalue weighted by Crippen LogP contribution is -2.42. The fourth-order valence-electron chi connectivity index (χ4n) is 2.96. The zero-order valence-electron chi connectivity index (χ0n) is 15.1. The van der Waals surface area contributed by atoms with Crippen LogP contribution >= 0.6 is 0 Å². The molecular formula is C18H22N2O6S. The van der Waals surface area contributed by atoms with Crippen molar-refractivity contribution in [1.82, 2.24) is 5.01 Å². The van der Waals surface area contributed by atoms with Crippen molar-refractivity contribution in [3.8, 4) is 11.5 Å². The number of esters is 1. The van der Waals surface area contributed by atoms with Crippen LogP contribution in [0, 0.1) is 0 Å². The first-order chi connectivity index (χ1) is 12.9. The van der Waals surface area contributed by atoms with E-state index >= 15 is 0 Å². The van der Waals surface area contributed by atoms with Gasteiger partial charge in [-0.3, -0.25) is 4.79 Å². The molecule has 1 unspecified atom stereocenters. The maximum absolute atomic E-state index is 12.4. The summed E-state index contributed by atoms with van der Waals surface area (Å²) in [6.07, 6.45) is 1.51. The Bertz CT molecular complexity index is 847. The second-order valence-electron chi connectivity index (χ2n) is 6.55. The van der Waals surface area contributed by atoms with Crippen molar-refractivity contribution in [2.45, 2.75) is 38.6 Å². The summed E-state index contributed by atoms with van der Waals surface area (Å²) in [6.45, 7) is 2.62. The molecule has 0 aliphatic carbocycles. The van der Waals surface area contributed by atoms with Crippen molar-refractivity contribution in [3.63, 3.8) is 0 Å². The minimum Gasteiger partial charge on any atom is -0.494 e. The first-order valence-corrected chi connectivity index (χ1v) is 10.7. The molecule has 27 heavy (non-hydrogen) atoms. The predicted octanol–water partition coefficient (Wildman–Crippen LogP) is 1.55. The lowest BCUT2D eigenvalue weighted by atomic mass is 10.1. The number of hydrogen-bond donors (Lipinski definition) is 0. The molecule has 0 N–H and O–H groups in total. The highest BCUT2D eigenvalue weighted by Crippen LogP contribution is 2.23. The molecule has 2 heterocycles. The topological polar surface area (TPSA) is 102 Å². The molecule has 0 bridgehead atoms. The van der Waals surface area contributed by atoms with Crippen LogP contribution in [0.1, 0.15) is 32.6 Å². The van der Waals surface area contributed by atoms with Crippen molar-refractivity contribution in [2.75, 3.05) is 18.1 Å². The average Bonchev–Trinajstić information content (AvgIpc) is 3.01. The highest BCUT2D eigenvalue weighted by atomic mass is 32.2. The van der Waals surface area contributed by atoms with E-state index in [9.17, 15) is 18.0 Å². The van der Waals surface area contributed by atoms with E-state index in [-0.39, 0.29) is 36.0 Å². The number of benzene rings is 1. The molecule has 0 spiro atoms. The van der Waals surface area contributed by atoms with E-state index < -0.39 is 21.8 Å². The maximum atomic E-state index is 12.4. The van der Waals surface area contributed by atoms with Crippen molar-refractivity contribution >= 4 is 27.4 Å². The third-order valence-corrected chi connectivity index (χ3v) is 6.11. The zero-order valence-corrected chi connectivity index (χ0v) is 15.9. The van der Waals surface area contributed by atoms with Gasteiger partial charge in [0.1, 0.15) is 17.2 Å². The Morgan fingerprint density at radius 1 is 1.22 bits per heavy atom. The third-order valence-electron chi connectivity index (χ3n) is 4.36. The molecule has 1 aromatic carbocycles. The first-order valence-electron chi connectivity index (χ1n) is 8.93. The minimum absolute atomic E-state index is 0.0309. The van der Waals surface area contributed by atoms with Gasteiger partial charge in [-0.1, -0.05) is 6.92 Å². The molecule has 1 aromatic rings. The SMILES string of the molecule is CCCOc1ccc(OC(=O)C2=NN(C3CCS(=O)(=O)C3)C(=O)CC2)cc1. The first kappa shape index (κ1) is 19.3. The largest absolute Gasteiger partial charge is 0.494 e. The van der Waals surface area contributed by atoms with E-state index in [1.165, 1.54) is 0 Å². The lowest BCUT2D eigenvalue weighted by Gasteiger charge is -2.27. The average molecular weight is 394 g/mol. The molecule has 2 aliphatic heterocycles. The number of carbonyl (C=O) groups excluding carboxylic acids is 2. The Balaban J connectivity index is 1.66. The molecule has 1 fully saturated rings. The molecular weight excluding hydrogens is 372 g/mol. The van der Waals surface area contributed by atoms with Gasteiger partial charge in [-0.05, 0) is 37.1 Å². The summed E-state index contributed by atoms with van der Waals surface area (Å²) < 4.78 is 34.1. The number of sulfone groups is 1. The van der Waals surface area contributed by atoms with Gasteiger partial charge in [-0.25, -0.2) is 18.2 Å². The number of hydrogen-bond acceptors (Lipinski definition) is 7. The van der Waals surface area contributed by atoms with Gasteiger partial charge in [0.05, 0.1) is 24.2 Å². The Hall–Kier alpha value is -2.42. The van der Waals surface area contributed by atoms with E-state index in [0.717, 1.165) is 11.4 Å². The molecule has 1 saturated heterocycles. The summed E-state index contributed by atoms with van der Waals surface area (Å²) in [5, 5.41) is 5.25. The van der Waals surface area contributed by atoms with Crippen LogP contribution in [-0.4, -0.2) is 55.2 Å². The van der Waals surface area contributed by atoms with Crippen LogP contribution in [0.3, 0.4) is 0 Å². The van der Waals surface area contributed by atoms with Gasteiger partial charge in [-0.15, -0.1) is 0 Å². The van der Waals surface area contributed by atoms with E-state index in [2.05, 4.69) is 5.10 Å². The fraction of sp³-hybridized carbons (Fsp3) is 0.500. The monoisotopic (exact) mass is 394 g/mol.